The van der Waals surface area contributed by atoms with Crippen molar-refractivity contribution in [2.45, 2.75) is 32.0 Å². The first kappa shape index (κ1) is 19.0. The van der Waals surface area contributed by atoms with Crippen LogP contribution < -0.4 is 5.32 Å². The molecule has 0 bridgehead atoms. The van der Waals surface area contributed by atoms with Crippen molar-refractivity contribution in [3.05, 3.63) is 29.8 Å². The Morgan fingerprint density at radius 1 is 1.22 bits per heavy atom. The number of hydrogen-bond acceptors (Lipinski definition) is 3. The highest BCUT2D eigenvalue weighted by Crippen LogP contribution is 2.32. The van der Waals surface area contributed by atoms with Gasteiger partial charge in [0.25, 0.3) is 0 Å². The molecule has 0 fully saturated rings. The molecule has 0 unspecified atom stereocenters. The summed E-state index contributed by atoms with van der Waals surface area (Å²) in [6.45, 7) is 1.98. The van der Waals surface area contributed by atoms with E-state index in [0.29, 0.717) is 12.6 Å². The molecule has 0 saturated heterocycles. The van der Waals surface area contributed by atoms with Gasteiger partial charge in [-0.05, 0) is 26.0 Å². The van der Waals surface area contributed by atoms with E-state index in [0.717, 1.165) is 10.5 Å². The average Bonchev–Trinajstić information content (AvgIpc) is 2.39. The molecule has 8 heteroatoms. The molecule has 1 aromatic carbocycles. The van der Waals surface area contributed by atoms with Crippen molar-refractivity contribution in [3.8, 4) is 0 Å². The summed E-state index contributed by atoms with van der Waals surface area (Å²) in [6.07, 6.45) is -6.07. The molecule has 1 rings (SSSR count). The number of aryl methyl sites for hydroxylation is 1. The van der Waals surface area contributed by atoms with Crippen LogP contribution in [0.25, 0.3) is 0 Å². The predicted octanol–water partition coefficient (Wildman–Crippen LogP) is 2.10. The van der Waals surface area contributed by atoms with Crippen LogP contribution in [0.3, 0.4) is 0 Å². The molecule has 2 amide bonds. The van der Waals surface area contributed by atoms with Gasteiger partial charge in [0.1, 0.15) is 0 Å². The van der Waals surface area contributed by atoms with E-state index in [1.54, 1.807) is 24.3 Å². The molecular formula is C15H19F3N2O3. The zero-order valence-corrected chi connectivity index (χ0v) is 13.1. The number of amides is 2. The van der Waals surface area contributed by atoms with E-state index in [-0.39, 0.29) is 0 Å². The predicted molar refractivity (Wildman–Crippen MR) is 78.7 cm³/mol. The molecule has 128 valence electrons. The Labute approximate surface area is 132 Å². The number of nitrogens with one attached hydrogen (secondary N) is 1. The van der Waals surface area contributed by atoms with Crippen molar-refractivity contribution in [1.29, 1.82) is 0 Å². The Morgan fingerprint density at radius 3 is 2.22 bits per heavy atom. The van der Waals surface area contributed by atoms with E-state index >= 15 is 0 Å². The number of hydrogen-bond donors (Lipinski definition) is 2. The number of rotatable bonds is 5. The van der Waals surface area contributed by atoms with Gasteiger partial charge in [-0.2, -0.15) is 13.2 Å². The molecular weight excluding hydrogens is 313 g/mol. The van der Waals surface area contributed by atoms with Gasteiger partial charge in [0.15, 0.2) is 5.60 Å². The number of carbonyl (C=O) groups is 2. The molecule has 0 aromatic heterocycles. The fraction of sp³-hybridized carbons (Fsp3) is 0.467. The maximum absolute atomic E-state index is 12.5. The zero-order chi connectivity index (χ0) is 17.8. The number of carbonyl (C=O) groups excluding carboxylic acids is 2. The number of likely N-dealkylation sites (N-methyl/N-ethyl adjacent to an activating group) is 1. The van der Waals surface area contributed by atoms with Crippen LogP contribution in [-0.4, -0.2) is 47.2 Å². The van der Waals surface area contributed by atoms with Crippen LogP contribution in [0.5, 0.6) is 0 Å². The Morgan fingerprint density at radius 2 is 1.74 bits per heavy atom. The monoisotopic (exact) mass is 332 g/mol. The summed E-state index contributed by atoms with van der Waals surface area (Å²) in [5.74, 6) is -1.53. The van der Waals surface area contributed by atoms with Gasteiger partial charge in [-0.25, -0.2) is 0 Å². The van der Waals surface area contributed by atoms with Crippen molar-refractivity contribution in [2.75, 3.05) is 18.9 Å². The van der Waals surface area contributed by atoms with E-state index in [9.17, 15) is 27.9 Å². The zero-order valence-electron chi connectivity index (χ0n) is 13.1. The Bertz CT molecular complexity index is 568. The van der Waals surface area contributed by atoms with Crippen molar-refractivity contribution in [2.24, 2.45) is 0 Å². The molecule has 0 aliphatic heterocycles. The van der Waals surface area contributed by atoms with E-state index in [1.807, 2.05) is 6.92 Å². The minimum absolute atomic E-state index is 0.416. The number of anilines is 1. The second-order valence-electron chi connectivity index (χ2n) is 5.61. The van der Waals surface area contributed by atoms with Crippen molar-refractivity contribution in [1.82, 2.24) is 4.90 Å². The van der Waals surface area contributed by atoms with Crippen LogP contribution in [0.15, 0.2) is 24.3 Å². The van der Waals surface area contributed by atoms with Crippen LogP contribution in [0, 0.1) is 6.92 Å². The molecule has 0 heterocycles. The van der Waals surface area contributed by atoms with Crippen LogP contribution in [-0.2, 0) is 9.59 Å². The Hall–Kier alpha value is -2.09. The van der Waals surface area contributed by atoms with Gasteiger partial charge < -0.3 is 15.3 Å². The minimum atomic E-state index is -4.92. The van der Waals surface area contributed by atoms with Gasteiger partial charge in [-0.1, -0.05) is 17.7 Å². The van der Waals surface area contributed by atoms with Gasteiger partial charge >= 0.3 is 6.18 Å². The summed E-state index contributed by atoms with van der Waals surface area (Å²) in [7, 11) is 1.20. The van der Waals surface area contributed by atoms with Gasteiger partial charge in [0, 0.05) is 12.7 Å². The molecule has 5 nitrogen and oxygen atoms in total. The molecule has 1 atom stereocenters. The van der Waals surface area contributed by atoms with Crippen LogP contribution >= 0.6 is 0 Å². The van der Waals surface area contributed by atoms with Gasteiger partial charge in [0.05, 0.1) is 13.0 Å². The third kappa shape index (κ3) is 5.55. The highest BCUT2D eigenvalue weighted by molar-refractivity contribution is 5.94. The lowest BCUT2D eigenvalue weighted by molar-refractivity contribution is -0.254. The second kappa shape index (κ2) is 6.99. The average molecular weight is 332 g/mol. The SMILES string of the molecule is Cc1ccc(NC(=O)CN(C)C(=O)C[C@](C)(O)C(F)(F)F)cc1. The standard InChI is InChI=1S/C15H19F3N2O3/c1-10-4-6-11(7-5-10)19-12(21)9-20(3)13(22)8-14(2,23)15(16,17)18/h4-7,23H,8-9H2,1-3H3,(H,19,21)/t14-/m0/s1. The van der Waals surface area contributed by atoms with Crippen LogP contribution in [0.1, 0.15) is 18.9 Å². The lowest BCUT2D eigenvalue weighted by Gasteiger charge is -2.27. The summed E-state index contributed by atoms with van der Waals surface area (Å²) in [5.41, 5.74) is -1.61. The maximum atomic E-state index is 12.5. The summed E-state index contributed by atoms with van der Waals surface area (Å²) < 4.78 is 37.6. The molecule has 1 aromatic rings. The summed E-state index contributed by atoms with van der Waals surface area (Å²) >= 11 is 0. The topological polar surface area (TPSA) is 69.6 Å². The third-order valence-corrected chi connectivity index (χ3v) is 3.25. The number of alkyl halides is 3. The minimum Gasteiger partial charge on any atom is -0.380 e. The van der Waals surface area contributed by atoms with Crippen LogP contribution in [0.4, 0.5) is 18.9 Å². The number of benzene rings is 1. The van der Waals surface area contributed by atoms with Crippen molar-refractivity contribution < 1.29 is 27.9 Å². The first-order valence-corrected chi connectivity index (χ1v) is 6.82. The molecule has 23 heavy (non-hydrogen) atoms. The van der Waals surface area contributed by atoms with E-state index in [1.165, 1.54) is 7.05 Å². The lowest BCUT2D eigenvalue weighted by atomic mass is 10.0. The molecule has 0 aliphatic carbocycles. The molecule has 0 radical (unpaired) electrons. The highest BCUT2D eigenvalue weighted by Gasteiger charge is 2.51. The fourth-order valence-corrected chi connectivity index (χ4v) is 1.67. The second-order valence-corrected chi connectivity index (χ2v) is 5.61. The van der Waals surface area contributed by atoms with Gasteiger partial charge in [-0.3, -0.25) is 9.59 Å². The first-order valence-electron chi connectivity index (χ1n) is 6.82. The van der Waals surface area contributed by atoms with Gasteiger partial charge in [-0.15, -0.1) is 0 Å². The first-order chi connectivity index (χ1) is 10.4. The largest absolute Gasteiger partial charge is 0.417 e. The molecule has 2 N–H and O–H groups in total. The van der Waals surface area contributed by atoms with Crippen molar-refractivity contribution >= 4 is 17.5 Å². The Balaban J connectivity index is 2.57. The van der Waals surface area contributed by atoms with Crippen LogP contribution in [0.2, 0.25) is 0 Å². The molecule has 0 spiro atoms. The third-order valence-electron chi connectivity index (χ3n) is 3.25. The molecule has 0 saturated carbocycles. The number of nitrogens with zero attached hydrogens (tertiary/aromatic N) is 1. The number of aliphatic hydroxyl groups is 1. The normalized spacial score (nSPS) is 14.0. The highest BCUT2D eigenvalue weighted by atomic mass is 19.4. The van der Waals surface area contributed by atoms with Gasteiger partial charge in [0.2, 0.25) is 11.8 Å². The number of halogens is 3. The van der Waals surface area contributed by atoms with E-state index < -0.39 is 36.6 Å². The smallest absolute Gasteiger partial charge is 0.380 e. The van der Waals surface area contributed by atoms with Crippen molar-refractivity contribution in [3.63, 3.8) is 0 Å². The lowest BCUT2D eigenvalue weighted by Crippen LogP contribution is -2.47. The molecule has 0 aliphatic rings. The summed E-state index contributed by atoms with van der Waals surface area (Å²) in [4.78, 5) is 24.3. The Kier molecular flexibility index (Phi) is 5.76. The quantitative estimate of drug-likeness (QED) is 0.867. The summed E-state index contributed by atoms with van der Waals surface area (Å²) in [5, 5.41) is 11.8. The summed E-state index contributed by atoms with van der Waals surface area (Å²) in [6, 6.07) is 6.91. The van der Waals surface area contributed by atoms with E-state index in [2.05, 4.69) is 5.32 Å². The maximum Gasteiger partial charge on any atom is 0.417 e. The van der Waals surface area contributed by atoms with E-state index in [4.69, 9.17) is 0 Å². The fourth-order valence-electron chi connectivity index (χ4n) is 1.67.